The van der Waals surface area contributed by atoms with Crippen LogP contribution in [0.5, 0.6) is 0 Å². The van der Waals surface area contributed by atoms with E-state index in [0.717, 1.165) is 27.6 Å². The van der Waals surface area contributed by atoms with Crippen LogP contribution in [0.15, 0.2) is 53.4 Å². The summed E-state index contributed by atoms with van der Waals surface area (Å²) in [5.41, 5.74) is 2.13. The van der Waals surface area contributed by atoms with Gasteiger partial charge in [-0.3, -0.25) is 4.79 Å². The van der Waals surface area contributed by atoms with Crippen LogP contribution < -0.4 is 4.90 Å². The van der Waals surface area contributed by atoms with E-state index in [9.17, 15) is 4.79 Å². The molecule has 0 radical (unpaired) electrons. The lowest BCUT2D eigenvalue weighted by Crippen LogP contribution is -2.39. The van der Waals surface area contributed by atoms with Gasteiger partial charge in [0.2, 0.25) is 5.91 Å². The number of amides is 1. The molecule has 0 spiro atoms. The Balaban J connectivity index is 1.85. The maximum atomic E-state index is 12.4. The number of hydrogen-bond donors (Lipinski definition) is 0. The molecule has 1 atom stereocenters. The zero-order chi connectivity index (χ0) is 14.1. The Labute approximate surface area is 127 Å². The Hall–Kier alpha value is -1.45. The van der Waals surface area contributed by atoms with Crippen LogP contribution in [0.2, 0.25) is 5.02 Å². The molecule has 0 saturated carbocycles. The third-order valence-corrected chi connectivity index (χ3v) is 4.94. The molecule has 0 N–H and O–H groups in total. The van der Waals surface area contributed by atoms with E-state index < -0.39 is 0 Å². The number of thioether (sulfide) groups is 1. The van der Waals surface area contributed by atoms with Gasteiger partial charge >= 0.3 is 0 Å². The number of halogens is 1. The zero-order valence-corrected chi connectivity index (χ0v) is 12.6. The minimum Gasteiger partial charge on any atom is -0.313 e. The number of carbonyl (C=O) groups is 1. The summed E-state index contributed by atoms with van der Waals surface area (Å²) in [6, 6.07) is 15.7. The summed E-state index contributed by atoms with van der Waals surface area (Å²) in [7, 11) is 1.84. The molecule has 0 fully saturated rings. The molecular weight excluding hydrogens is 290 g/mol. The molecule has 0 bridgehead atoms. The monoisotopic (exact) mass is 303 g/mol. The lowest BCUT2D eigenvalue weighted by Gasteiger charge is -2.31. The van der Waals surface area contributed by atoms with Crippen LogP contribution in [-0.2, 0) is 11.2 Å². The number of para-hydroxylation sites is 1. The first-order valence-electron chi connectivity index (χ1n) is 6.43. The summed E-state index contributed by atoms with van der Waals surface area (Å²) in [6.45, 7) is 0. The highest BCUT2D eigenvalue weighted by atomic mass is 35.5. The molecule has 2 nitrogen and oxygen atoms in total. The average molecular weight is 304 g/mol. The van der Waals surface area contributed by atoms with E-state index in [0.29, 0.717) is 0 Å². The largest absolute Gasteiger partial charge is 0.313 e. The van der Waals surface area contributed by atoms with Crippen LogP contribution in [0.4, 0.5) is 5.69 Å². The molecule has 1 heterocycles. The molecule has 2 aromatic carbocycles. The number of nitrogens with zero attached hydrogens (tertiary/aromatic N) is 1. The van der Waals surface area contributed by atoms with Gasteiger partial charge in [0.05, 0.1) is 10.9 Å². The van der Waals surface area contributed by atoms with Gasteiger partial charge < -0.3 is 4.90 Å². The van der Waals surface area contributed by atoms with Gasteiger partial charge in [-0.1, -0.05) is 35.9 Å². The van der Waals surface area contributed by atoms with E-state index >= 15 is 0 Å². The van der Waals surface area contributed by atoms with Gasteiger partial charge in [-0.25, -0.2) is 0 Å². The Bertz CT molecular complexity index is 641. The highest BCUT2D eigenvalue weighted by Gasteiger charge is 2.31. The quantitative estimate of drug-likeness (QED) is 0.835. The molecule has 20 heavy (non-hydrogen) atoms. The zero-order valence-electron chi connectivity index (χ0n) is 11.0. The molecule has 0 saturated heterocycles. The third-order valence-electron chi connectivity index (χ3n) is 3.44. The summed E-state index contributed by atoms with van der Waals surface area (Å²) >= 11 is 7.54. The Kier molecular flexibility index (Phi) is 3.72. The van der Waals surface area contributed by atoms with Crippen molar-refractivity contribution in [3.8, 4) is 0 Å². The minimum atomic E-state index is -0.0731. The van der Waals surface area contributed by atoms with E-state index in [-0.39, 0.29) is 11.2 Å². The second kappa shape index (κ2) is 5.51. The molecule has 102 valence electrons. The summed E-state index contributed by atoms with van der Waals surface area (Å²) in [5.74, 6) is 0.156. The number of anilines is 1. The van der Waals surface area contributed by atoms with E-state index in [4.69, 9.17) is 11.6 Å². The smallest absolute Gasteiger partial charge is 0.240 e. The van der Waals surface area contributed by atoms with Crippen molar-refractivity contribution in [1.29, 1.82) is 0 Å². The van der Waals surface area contributed by atoms with Gasteiger partial charge in [0.25, 0.3) is 0 Å². The standard InChI is InChI=1S/C16H14ClNOS/c1-18-13-4-2-3-5-14(13)20-15(16(18)19)10-11-6-8-12(17)9-7-11/h2-9,15H,10H2,1H3. The normalized spacial score (nSPS) is 18.0. The third kappa shape index (κ3) is 2.56. The molecule has 2 aromatic rings. The van der Waals surface area contributed by atoms with Crippen LogP contribution in [0, 0.1) is 0 Å². The van der Waals surface area contributed by atoms with Gasteiger partial charge in [-0.15, -0.1) is 11.8 Å². The molecule has 1 unspecified atom stereocenters. The first-order valence-corrected chi connectivity index (χ1v) is 7.68. The van der Waals surface area contributed by atoms with Gasteiger partial charge in [0.15, 0.2) is 0 Å². The van der Waals surface area contributed by atoms with Crippen molar-refractivity contribution in [2.75, 3.05) is 11.9 Å². The number of benzene rings is 2. The number of rotatable bonds is 2. The Morgan fingerprint density at radius 2 is 1.85 bits per heavy atom. The fraction of sp³-hybridized carbons (Fsp3) is 0.188. The predicted molar refractivity (Wildman–Crippen MR) is 84.7 cm³/mol. The fourth-order valence-electron chi connectivity index (χ4n) is 2.34. The maximum absolute atomic E-state index is 12.4. The first kappa shape index (κ1) is 13.5. The number of fused-ring (bicyclic) bond motifs is 1. The summed E-state index contributed by atoms with van der Waals surface area (Å²) in [4.78, 5) is 15.4. The maximum Gasteiger partial charge on any atom is 0.240 e. The molecule has 1 aliphatic rings. The van der Waals surface area contributed by atoms with Crippen molar-refractivity contribution < 1.29 is 4.79 Å². The molecule has 3 rings (SSSR count). The predicted octanol–water partition coefficient (Wildman–Crippen LogP) is 4.02. The van der Waals surface area contributed by atoms with Crippen molar-refractivity contribution >= 4 is 35.0 Å². The topological polar surface area (TPSA) is 20.3 Å². The summed E-state index contributed by atoms with van der Waals surface area (Å²) in [5, 5.41) is 0.648. The highest BCUT2D eigenvalue weighted by Crippen LogP contribution is 2.39. The van der Waals surface area contributed by atoms with Crippen LogP contribution in [0.25, 0.3) is 0 Å². The average Bonchev–Trinajstić information content (AvgIpc) is 2.47. The second-order valence-electron chi connectivity index (χ2n) is 4.80. The van der Waals surface area contributed by atoms with Gasteiger partial charge in [-0.05, 0) is 36.2 Å². The fourth-order valence-corrected chi connectivity index (χ4v) is 3.79. The Morgan fingerprint density at radius 1 is 1.15 bits per heavy atom. The molecular formula is C16H14ClNOS. The van der Waals surface area contributed by atoms with Gasteiger partial charge in [0, 0.05) is 17.0 Å². The van der Waals surface area contributed by atoms with Crippen molar-refractivity contribution in [1.82, 2.24) is 0 Å². The number of hydrogen-bond acceptors (Lipinski definition) is 2. The van der Waals surface area contributed by atoms with Crippen LogP contribution in [-0.4, -0.2) is 18.2 Å². The summed E-state index contributed by atoms with van der Waals surface area (Å²) in [6.07, 6.45) is 0.722. The van der Waals surface area contributed by atoms with Gasteiger partial charge in [0.1, 0.15) is 0 Å². The lowest BCUT2D eigenvalue weighted by atomic mass is 10.1. The molecule has 4 heteroatoms. The summed E-state index contributed by atoms with van der Waals surface area (Å²) < 4.78 is 0. The van der Waals surface area contributed by atoms with E-state index in [1.165, 1.54) is 0 Å². The highest BCUT2D eigenvalue weighted by molar-refractivity contribution is 8.01. The van der Waals surface area contributed by atoms with Crippen molar-refractivity contribution in [3.63, 3.8) is 0 Å². The lowest BCUT2D eigenvalue weighted by molar-refractivity contribution is -0.117. The van der Waals surface area contributed by atoms with E-state index in [2.05, 4.69) is 6.07 Å². The first-order chi connectivity index (χ1) is 9.65. The van der Waals surface area contributed by atoms with Crippen molar-refractivity contribution in [2.24, 2.45) is 0 Å². The SMILES string of the molecule is CN1C(=O)C(Cc2ccc(Cl)cc2)Sc2ccccc21. The second-order valence-corrected chi connectivity index (χ2v) is 6.48. The number of carbonyl (C=O) groups excluding carboxylic acids is 1. The minimum absolute atomic E-state index is 0.0731. The molecule has 0 aliphatic carbocycles. The molecule has 1 amide bonds. The van der Waals surface area contributed by atoms with Crippen LogP contribution >= 0.6 is 23.4 Å². The van der Waals surface area contributed by atoms with Gasteiger partial charge in [-0.2, -0.15) is 0 Å². The molecule has 0 aromatic heterocycles. The van der Waals surface area contributed by atoms with Crippen molar-refractivity contribution in [2.45, 2.75) is 16.6 Å². The van der Waals surface area contributed by atoms with Crippen LogP contribution in [0.3, 0.4) is 0 Å². The molecule has 1 aliphatic heterocycles. The van der Waals surface area contributed by atoms with E-state index in [1.807, 2.05) is 49.5 Å². The van der Waals surface area contributed by atoms with Crippen molar-refractivity contribution in [3.05, 3.63) is 59.1 Å². The van der Waals surface area contributed by atoms with E-state index in [1.54, 1.807) is 16.7 Å². The Morgan fingerprint density at radius 3 is 2.60 bits per heavy atom. The van der Waals surface area contributed by atoms with Crippen LogP contribution in [0.1, 0.15) is 5.56 Å².